The predicted molar refractivity (Wildman–Crippen MR) is 102 cm³/mol. The first-order valence-electron chi connectivity index (χ1n) is 8.25. The number of benzene rings is 2. The molecule has 0 saturated carbocycles. The Balaban J connectivity index is 1.84. The molecule has 0 aliphatic carbocycles. The fourth-order valence-corrected chi connectivity index (χ4v) is 2.75. The number of hydrazone groups is 1. The van der Waals surface area contributed by atoms with Gasteiger partial charge in [0.25, 0.3) is 11.5 Å². The summed E-state index contributed by atoms with van der Waals surface area (Å²) >= 11 is 0. The lowest BCUT2D eigenvalue weighted by molar-refractivity contribution is 0.0955. The van der Waals surface area contributed by atoms with Gasteiger partial charge in [0, 0.05) is 11.3 Å². The van der Waals surface area contributed by atoms with Gasteiger partial charge in [0.2, 0.25) is 0 Å². The van der Waals surface area contributed by atoms with Crippen molar-refractivity contribution < 1.29 is 4.79 Å². The van der Waals surface area contributed by atoms with E-state index in [0.717, 1.165) is 16.8 Å². The largest absolute Gasteiger partial charge is 0.295 e. The number of nitrogens with zero attached hydrogens (tertiary/aromatic N) is 2. The molecular formula is C20H20N4O2. The lowest BCUT2D eigenvalue weighted by Gasteiger charge is -2.06. The molecule has 1 aromatic heterocycles. The zero-order valence-electron chi connectivity index (χ0n) is 14.9. The molecule has 0 unspecified atom stereocenters. The van der Waals surface area contributed by atoms with Crippen LogP contribution >= 0.6 is 0 Å². The van der Waals surface area contributed by atoms with Crippen molar-refractivity contribution in [1.29, 1.82) is 0 Å². The number of hydrogen-bond donors (Lipinski definition) is 2. The molecule has 26 heavy (non-hydrogen) atoms. The smallest absolute Gasteiger partial charge is 0.280 e. The highest BCUT2D eigenvalue weighted by Crippen LogP contribution is 2.14. The zero-order chi connectivity index (χ0) is 18.7. The molecule has 132 valence electrons. The molecule has 6 heteroatoms. The molecule has 0 spiro atoms. The first-order valence-corrected chi connectivity index (χ1v) is 8.25. The van der Waals surface area contributed by atoms with Gasteiger partial charge in [-0.05, 0) is 44.5 Å². The van der Waals surface area contributed by atoms with Gasteiger partial charge in [-0.3, -0.25) is 14.7 Å². The van der Waals surface area contributed by atoms with E-state index in [0.29, 0.717) is 16.8 Å². The third kappa shape index (κ3) is 3.49. The summed E-state index contributed by atoms with van der Waals surface area (Å²) in [7, 11) is 0. The van der Waals surface area contributed by atoms with Crippen LogP contribution in [-0.2, 0) is 0 Å². The van der Waals surface area contributed by atoms with Crippen LogP contribution in [-0.4, -0.2) is 21.9 Å². The molecule has 1 heterocycles. The molecule has 0 aliphatic rings. The summed E-state index contributed by atoms with van der Waals surface area (Å²) in [5.74, 6) is -0.329. The lowest BCUT2D eigenvalue weighted by Crippen LogP contribution is -2.20. The van der Waals surface area contributed by atoms with Crippen LogP contribution < -0.4 is 11.0 Å². The van der Waals surface area contributed by atoms with E-state index in [9.17, 15) is 9.59 Å². The first kappa shape index (κ1) is 17.4. The van der Waals surface area contributed by atoms with Crippen LogP contribution in [0.15, 0.2) is 58.4 Å². The molecule has 2 aromatic carbocycles. The minimum absolute atomic E-state index is 0.216. The summed E-state index contributed by atoms with van der Waals surface area (Å²) in [6, 6.07) is 14.7. The van der Waals surface area contributed by atoms with Gasteiger partial charge in [-0.2, -0.15) is 5.10 Å². The molecule has 2 N–H and O–H groups in total. The Bertz CT molecular complexity index is 1030. The second kappa shape index (κ2) is 7.23. The SMILES string of the molecule is Cc1ccc(-n2[nH]c(C)c(/C=N/NC(=O)c3ccccc3)c2=O)c(C)c1. The quantitative estimate of drug-likeness (QED) is 0.562. The van der Waals surface area contributed by atoms with Gasteiger partial charge < -0.3 is 0 Å². The molecular weight excluding hydrogens is 328 g/mol. The fraction of sp³-hybridized carbons (Fsp3) is 0.150. The number of amides is 1. The van der Waals surface area contributed by atoms with E-state index in [1.165, 1.54) is 10.9 Å². The summed E-state index contributed by atoms with van der Waals surface area (Å²) in [6.45, 7) is 5.76. The van der Waals surface area contributed by atoms with Crippen LogP contribution in [0.1, 0.15) is 32.7 Å². The molecule has 0 saturated heterocycles. The number of aromatic nitrogens is 2. The lowest BCUT2D eigenvalue weighted by atomic mass is 10.1. The summed E-state index contributed by atoms with van der Waals surface area (Å²) in [5, 5.41) is 6.98. The van der Waals surface area contributed by atoms with E-state index in [-0.39, 0.29) is 11.5 Å². The molecule has 0 atom stereocenters. The van der Waals surface area contributed by atoms with Crippen molar-refractivity contribution in [3.63, 3.8) is 0 Å². The maximum absolute atomic E-state index is 12.7. The van der Waals surface area contributed by atoms with Crippen LogP contribution in [0.4, 0.5) is 0 Å². The fourth-order valence-electron chi connectivity index (χ4n) is 2.75. The highest BCUT2D eigenvalue weighted by molar-refractivity contribution is 5.94. The number of carbonyl (C=O) groups excluding carboxylic acids is 1. The van der Waals surface area contributed by atoms with E-state index in [1.807, 2.05) is 38.1 Å². The van der Waals surface area contributed by atoms with Crippen LogP contribution in [0.5, 0.6) is 0 Å². The molecule has 1 amide bonds. The van der Waals surface area contributed by atoms with Crippen LogP contribution in [0.2, 0.25) is 0 Å². The summed E-state index contributed by atoms with van der Waals surface area (Å²) in [4.78, 5) is 24.7. The highest BCUT2D eigenvalue weighted by Gasteiger charge is 2.12. The second-order valence-electron chi connectivity index (χ2n) is 6.15. The molecule has 3 rings (SSSR count). The van der Waals surface area contributed by atoms with Crippen molar-refractivity contribution in [2.24, 2.45) is 5.10 Å². The van der Waals surface area contributed by atoms with Crippen molar-refractivity contribution in [2.75, 3.05) is 0 Å². The van der Waals surface area contributed by atoms with Crippen molar-refractivity contribution in [3.8, 4) is 5.69 Å². The average molecular weight is 348 g/mol. The van der Waals surface area contributed by atoms with E-state index >= 15 is 0 Å². The van der Waals surface area contributed by atoms with Gasteiger partial charge in [-0.1, -0.05) is 35.9 Å². The topological polar surface area (TPSA) is 79.2 Å². The normalized spacial score (nSPS) is 11.0. The number of carbonyl (C=O) groups is 1. The molecule has 3 aromatic rings. The molecule has 0 radical (unpaired) electrons. The summed E-state index contributed by atoms with van der Waals surface area (Å²) in [6.07, 6.45) is 1.37. The van der Waals surface area contributed by atoms with Crippen LogP contribution in [0, 0.1) is 20.8 Å². The van der Waals surface area contributed by atoms with Crippen LogP contribution in [0.25, 0.3) is 5.69 Å². The van der Waals surface area contributed by atoms with Gasteiger partial charge in [0.1, 0.15) is 0 Å². The van der Waals surface area contributed by atoms with Gasteiger partial charge in [-0.25, -0.2) is 10.1 Å². The summed E-state index contributed by atoms with van der Waals surface area (Å²) in [5.41, 5.74) is 6.72. The average Bonchev–Trinajstić information content (AvgIpc) is 2.90. The van der Waals surface area contributed by atoms with Crippen molar-refractivity contribution in [2.45, 2.75) is 20.8 Å². The van der Waals surface area contributed by atoms with Gasteiger partial charge >= 0.3 is 0 Å². The zero-order valence-corrected chi connectivity index (χ0v) is 14.9. The molecule has 6 nitrogen and oxygen atoms in total. The Morgan fingerprint density at radius 3 is 2.54 bits per heavy atom. The predicted octanol–water partition coefficient (Wildman–Crippen LogP) is 2.85. The van der Waals surface area contributed by atoms with E-state index in [2.05, 4.69) is 15.6 Å². The monoisotopic (exact) mass is 348 g/mol. The Morgan fingerprint density at radius 1 is 1.12 bits per heavy atom. The Kier molecular flexibility index (Phi) is 4.84. The molecule has 0 bridgehead atoms. The van der Waals surface area contributed by atoms with E-state index in [1.54, 1.807) is 31.2 Å². The number of H-pyrrole nitrogens is 1. The van der Waals surface area contributed by atoms with Gasteiger partial charge in [-0.15, -0.1) is 0 Å². The Labute approximate surface area is 151 Å². The van der Waals surface area contributed by atoms with Crippen molar-refractivity contribution in [3.05, 3.63) is 86.8 Å². The van der Waals surface area contributed by atoms with Crippen molar-refractivity contribution >= 4 is 12.1 Å². The third-order valence-corrected chi connectivity index (χ3v) is 4.11. The van der Waals surface area contributed by atoms with E-state index in [4.69, 9.17) is 0 Å². The molecule has 0 aliphatic heterocycles. The third-order valence-electron chi connectivity index (χ3n) is 4.11. The first-order chi connectivity index (χ1) is 12.5. The van der Waals surface area contributed by atoms with Crippen LogP contribution in [0.3, 0.4) is 0 Å². The minimum atomic E-state index is -0.329. The molecule has 0 fully saturated rings. The van der Waals surface area contributed by atoms with Gasteiger partial charge in [0.15, 0.2) is 0 Å². The second-order valence-corrected chi connectivity index (χ2v) is 6.15. The Hall–Kier alpha value is -3.41. The number of hydrogen-bond acceptors (Lipinski definition) is 3. The Morgan fingerprint density at radius 2 is 1.85 bits per heavy atom. The number of aryl methyl sites for hydroxylation is 3. The number of rotatable bonds is 4. The maximum Gasteiger partial charge on any atom is 0.280 e. The standard InChI is InChI=1S/C20H20N4O2/c1-13-9-10-18(14(2)11-13)24-20(26)17(15(3)23-24)12-21-22-19(25)16-7-5-4-6-8-16/h4-12,23H,1-3H3,(H,22,25)/b21-12+. The summed E-state index contributed by atoms with van der Waals surface area (Å²) < 4.78 is 1.49. The minimum Gasteiger partial charge on any atom is -0.295 e. The number of aromatic amines is 1. The maximum atomic E-state index is 12.7. The van der Waals surface area contributed by atoms with Crippen molar-refractivity contribution in [1.82, 2.24) is 15.2 Å². The highest BCUT2D eigenvalue weighted by atomic mass is 16.2. The van der Waals surface area contributed by atoms with E-state index < -0.39 is 0 Å². The number of nitrogens with one attached hydrogen (secondary N) is 2. The van der Waals surface area contributed by atoms with Gasteiger partial charge in [0.05, 0.1) is 17.5 Å².